The van der Waals surface area contributed by atoms with Crippen molar-refractivity contribution >= 4 is 17.1 Å². The van der Waals surface area contributed by atoms with Gasteiger partial charge in [-0.25, -0.2) is 42.5 Å². The monoisotopic (exact) mass is 364 g/mol. The SMILES string of the molecule is S=C1[C-]=CC=CC1.[C-]1=CC=CC1.[C-]1=CC=CC1.[Cl-].[Zr+4]. The summed E-state index contributed by atoms with van der Waals surface area (Å²) in [6.45, 7) is 0. The summed E-state index contributed by atoms with van der Waals surface area (Å²) in [4.78, 5) is 0.905. The van der Waals surface area contributed by atoms with Gasteiger partial charge in [-0.05, 0) is 6.42 Å². The Kier molecular flexibility index (Phi) is 17.4. The summed E-state index contributed by atoms with van der Waals surface area (Å²) < 4.78 is 0. The van der Waals surface area contributed by atoms with Gasteiger partial charge in [0.1, 0.15) is 0 Å². The molecule has 3 aliphatic carbocycles. The minimum absolute atomic E-state index is 0. The first kappa shape index (κ1) is 21.0. The summed E-state index contributed by atoms with van der Waals surface area (Å²) in [5, 5.41) is 0. The molecule has 0 aromatic heterocycles. The Balaban J connectivity index is 0. The van der Waals surface area contributed by atoms with Gasteiger partial charge in [-0.1, -0.05) is 4.86 Å². The van der Waals surface area contributed by atoms with Crippen LogP contribution in [0, 0.1) is 18.2 Å². The predicted molar refractivity (Wildman–Crippen MR) is 77.3 cm³/mol. The number of hydrogen-bond acceptors (Lipinski definition) is 1. The van der Waals surface area contributed by atoms with Crippen molar-refractivity contribution < 1.29 is 38.6 Å². The van der Waals surface area contributed by atoms with Crippen LogP contribution in [-0.2, 0) is 26.2 Å². The van der Waals surface area contributed by atoms with E-state index in [1.54, 1.807) is 0 Å². The van der Waals surface area contributed by atoms with Crippen LogP contribution in [0.5, 0.6) is 0 Å². The smallest absolute Gasteiger partial charge is 1.00 e. The molecule has 0 spiro atoms. The Hall–Kier alpha value is -0.297. The van der Waals surface area contributed by atoms with Crippen molar-refractivity contribution in [3.05, 3.63) is 72.9 Å². The first-order valence-corrected chi connectivity index (χ1v) is 6.01. The molecule has 0 heterocycles. The van der Waals surface area contributed by atoms with Crippen LogP contribution in [0.3, 0.4) is 0 Å². The zero-order chi connectivity index (χ0) is 12.2. The summed E-state index contributed by atoms with van der Waals surface area (Å²) >= 11 is 4.81. The molecule has 0 N–H and O–H groups in total. The molecule has 0 amide bonds. The maximum absolute atomic E-state index is 4.81. The van der Waals surface area contributed by atoms with Crippen LogP contribution in [-0.4, -0.2) is 4.86 Å². The Morgan fingerprint density at radius 1 is 0.842 bits per heavy atom. The van der Waals surface area contributed by atoms with Crippen molar-refractivity contribution in [2.75, 3.05) is 0 Å². The molecule has 19 heavy (non-hydrogen) atoms. The van der Waals surface area contributed by atoms with Gasteiger partial charge in [0.2, 0.25) is 0 Å². The fourth-order valence-electron chi connectivity index (χ4n) is 1.12. The molecule has 0 unspecified atom stereocenters. The van der Waals surface area contributed by atoms with Gasteiger partial charge in [-0.2, -0.15) is 18.2 Å². The minimum atomic E-state index is 0. The van der Waals surface area contributed by atoms with E-state index >= 15 is 0 Å². The topological polar surface area (TPSA) is 0 Å². The Morgan fingerprint density at radius 3 is 1.53 bits per heavy atom. The summed E-state index contributed by atoms with van der Waals surface area (Å²) in [5.41, 5.74) is 0. The molecule has 0 aromatic carbocycles. The van der Waals surface area contributed by atoms with E-state index in [4.69, 9.17) is 12.2 Å². The predicted octanol–water partition coefficient (Wildman–Crippen LogP) is 1.29. The molecule has 0 saturated carbocycles. The van der Waals surface area contributed by atoms with E-state index in [0.717, 1.165) is 24.1 Å². The van der Waals surface area contributed by atoms with E-state index in [-0.39, 0.29) is 38.6 Å². The third kappa shape index (κ3) is 13.9. The summed E-state index contributed by atoms with van der Waals surface area (Å²) in [6, 6.07) is 0. The average Bonchev–Trinajstić information content (AvgIpc) is 3.09. The van der Waals surface area contributed by atoms with Crippen molar-refractivity contribution in [2.45, 2.75) is 19.3 Å². The molecular weight excluding hydrogens is 351 g/mol. The molecule has 0 nitrogen and oxygen atoms in total. The molecule has 0 saturated heterocycles. The van der Waals surface area contributed by atoms with Crippen molar-refractivity contribution in [3.63, 3.8) is 0 Å². The van der Waals surface area contributed by atoms with Crippen LogP contribution >= 0.6 is 12.2 Å². The number of rotatable bonds is 0. The van der Waals surface area contributed by atoms with Gasteiger partial charge in [-0.15, -0.1) is 25.1 Å². The normalized spacial score (nSPS) is 15.9. The van der Waals surface area contributed by atoms with Gasteiger partial charge in [0.05, 0.1) is 0 Å². The number of halogens is 1. The summed E-state index contributed by atoms with van der Waals surface area (Å²) in [7, 11) is 0. The molecule has 0 aromatic rings. The average molecular weight is 366 g/mol. The number of allylic oxidation sites excluding steroid dienone is 12. The van der Waals surface area contributed by atoms with Crippen LogP contribution < -0.4 is 12.4 Å². The van der Waals surface area contributed by atoms with E-state index in [2.05, 4.69) is 30.4 Å². The fourth-order valence-corrected chi connectivity index (χ4v) is 1.29. The zero-order valence-corrected chi connectivity index (χ0v) is 14.6. The standard InChI is InChI=1S/C6H5S.2C5H5.ClH.Zr/c7-6-4-2-1-3-5-6;2*1-2-4-5-3-1;;/h1-3H,4H2;2*1-3H,4H2;1H;/q3*-1;;+4/p-1. The third-order valence-electron chi connectivity index (χ3n) is 1.95. The van der Waals surface area contributed by atoms with E-state index in [9.17, 15) is 0 Å². The number of thiocarbonyl (C=S) groups is 1. The first-order chi connectivity index (χ1) is 8.39. The van der Waals surface area contributed by atoms with Gasteiger partial charge < -0.3 is 12.4 Å². The van der Waals surface area contributed by atoms with Gasteiger partial charge in [-0.3, -0.25) is 12.2 Å². The van der Waals surface area contributed by atoms with Crippen molar-refractivity contribution in [3.8, 4) is 0 Å². The van der Waals surface area contributed by atoms with Crippen LogP contribution in [0.25, 0.3) is 0 Å². The quantitative estimate of drug-likeness (QED) is 0.460. The maximum Gasteiger partial charge on any atom is 4.00 e. The Bertz CT molecular complexity index is 359. The Morgan fingerprint density at radius 2 is 1.37 bits per heavy atom. The van der Waals surface area contributed by atoms with Crippen LogP contribution in [0.2, 0.25) is 0 Å². The third-order valence-corrected chi connectivity index (χ3v) is 2.24. The van der Waals surface area contributed by atoms with Crippen molar-refractivity contribution in [2.24, 2.45) is 0 Å². The molecule has 0 aliphatic heterocycles. The van der Waals surface area contributed by atoms with E-state index in [1.165, 1.54) is 0 Å². The fraction of sp³-hybridized carbons (Fsp3) is 0.188. The number of hydrogen-bond donors (Lipinski definition) is 0. The zero-order valence-electron chi connectivity index (χ0n) is 10.6. The van der Waals surface area contributed by atoms with Gasteiger partial charge in [0.15, 0.2) is 0 Å². The Labute approximate surface area is 147 Å². The van der Waals surface area contributed by atoms with Crippen molar-refractivity contribution in [1.29, 1.82) is 0 Å². The molecule has 0 atom stereocenters. The molecule has 3 rings (SSSR count). The van der Waals surface area contributed by atoms with Crippen LogP contribution in [0.4, 0.5) is 0 Å². The molecular formula is C16H15ClSZr. The molecule has 3 aliphatic rings. The first-order valence-electron chi connectivity index (χ1n) is 5.61. The molecule has 0 fully saturated rings. The van der Waals surface area contributed by atoms with Gasteiger partial charge in [0, 0.05) is 0 Å². The second-order valence-electron chi connectivity index (χ2n) is 3.37. The van der Waals surface area contributed by atoms with Gasteiger partial charge >= 0.3 is 26.2 Å². The second kappa shape index (κ2) is 15.8. The minimum Gasteiger partial charge on any atom is -1.00 e. The van der Waals surface area contributed by atoms with E-state index in [1.807, 2.05) is 42.5 Å². The largest absolute Gasteiger partial charge is 4.00 e. The van der Waals surface area contributed by atoms with Gasteiger partial charge in [0.25, 0.3) is 0 Å². The maximum atomic E-state index is 4.81. The van der Waals surface area contributed by atoms with E-state index in [0.29, 0.717) is 0 Å². The second-order valence-corrected chi connectivity index (χ2v) is 3.87. The molecule has 0 bridgehead atoms. The van der Waals surface area contributed by atoms with Crippen molar-refractivity contribution in [1.82, 2.24) is 0 Å². The van der Waals surface area contributed by atoms with Crippen LogP contribution in [0.1, 0.15) is 19.3 Å². The van der Waals surface area contributed by atoms with Crippen LogP contribution in [0.15, 0.2) is 54.7 Å². The van der Waals surface area contributed by atoms with E-state index < -0.39 is 0 Å². The molecule has 3 heteroatoms. The summed E-state index contributed by atoms with van der Waals surface area (Å²) in [5.74, 6) is 0. The summed E-state index contributed by atoms with van der Waals surface area (Å²) in [6.07, 6.45) is 29.6. The molecule has 96 valence electrons. The molecule has 0 radical (unpaired) electrons.